The Morgan fingerprint density at radius 2 is 1.53 bits per heavy atom. The molecule has 0 aliphatic heterocycles. The van der Waals surface area contributed by atoms with E-state index in [-0.39, 0.29) is 5.56 Å². The average Bonchev–Trinajstić information content (AvgIpc) is 2.76. The number of carbonyl (C=O) groups excluding carboxylic acids is 1. The van der Waals surface area contributed by atoms with E-state index >= 15 is 0 Å². The molecule has 0 radical (unpaired) electrons. The highest BCUT2D eigenvalue weighted by Crippen LogP contribution is 2.33. The van der Waals surface area contributed by atoms with Crippen molar-refractivity contribution in [1.82, 2.24) is 4.72 Å². The van der Waals surface area contributed by atoms with Crippen LogP contribution in [0.2, 0.25) is 0 Å². The zero-order valence-corrected chi connectivity index (χ0v) is 20.3. The highest BCUT2D eigenvalue weighted by Gasteiger charge is 2.33. The molecular formula is C23H19F4NO6S2. The maximum absolute atomic E-state index is 14.3. The lowest BCUT2D eigenvalue weighted by Crippen LogP contribution is -2.25. The van der Waals surface area contributed by atoms with Crippen molar-refractivity contribution in [3.8, 4) is 5.75 Å². The number of ether oxygens (including phenoxy) is 1. The third kappa shape index (κ3) is 6.47. The van der Waals surface area contributed by atoms with E-state index in [0.29, 0.717) is 11.6 Å². The molecule has 0 amide bonds. The number of benzene rings is 3. The van der Waals surface area contributed by atoms with E-state index in [0.717, 1.165) is 30.5 Å². The second-order valence-corrected chi connectivity index (χ2v) is 11.4. The van der Waals surface area contributed by atoms with Crippen LogP contribution in [-0.2, 0) is 19.9 Å². The van der Waals surface area contributed by atoms with E-state index < -0.39 is 65.0 Å². The Morgan fingerprint density at radius 1 is 0.917 bits per heavy atom. The first kappa shape index (κ1) is 27.3. The number of ketones is 1. The molecule has 0 fully saturated rings. The zero-order chi connectivity index (χ0) is 26.9. The van der Waals surface area contributed by atoms with E-state index in [9.17, 15) is 39.2 Å². The summed E-state index contributed by atoms with van der Waals surface area (Å²) in [4.78, 5) is 11.5. The number of rotatable bonds is 8. The molecule has 0 aliphatic carbocycles. The van der Waals surface area contributed by atoms with Gasteiger partial charge in [0.15, 0.2) is 5.78 Å². The average molecular weight is 546 g/mol. The van der Waals surface area contributed by atoms with Crippen LogP contribution in [0.15, 0.2) is 76.5 Å². The molecule has 3 aromatic carbocycles. The molecule has 36 heavy (non-hydrogen) atoms. The minimum absolute atomic E-state index is 0.0419. The van der Waals surface area contributed by atoms with Gasteiger partial charge in [0.25, 0.3) is 0 Å². The van der Waals surface area contributed by atoms with Gasteiger partial charge in [-0.1, -0.05) is 36.4 Å². The van der Waals surface area contributed by atoms with Crippen LogP contribution in [0, 0.1) is 5.82 Å². The highest BCUT2D eigenvalue weighted by molar-refractivity contribution is 7.91. The summed E-state index contributed by atoms with van der Waals surface area (Å²) < 4.78 is 108. The van der Waals surface area contributed by atoms with Gasteiger partial charge in [0.1, 0.15) is 16.5 Å². The fourth-order valence-electron chi connectivity index (χ4n) is 3.36. The summed E-state index contributed by atoms with van der Waals surface area (Å²) in [5, 5.41) is 0. The summed E-state index contributed by atoms with van der Waals surface area (Å²) in [6.07, 6.45) is -4.16. The van der Waals surface area contributed by atoms with Crippen molar-refractivity contribution in [3.63, 3.8) is 0 Å². The molecule has 13 heteroatoms. The largest absolute Gasteiger partial charge is 0.573 e. The van der Waals surface area contributed by atoms with Crippen LogP contribution >= 0.6 is 0 Å². The summed E-state index contributed by atoms with van der Waals surface area (Å²) in [7, 11) is -8.31. The van der Waals surface area contributed by atoms with Gasteiger partial charge in [-0.2, -0.15) is 0 Å². The summed E-state index contributed by atoms with van der Waals surface area (Å²) in [5.41, 5.74) is -0.0623. The van der Waals surface area contributed by atoms with Gasteiger partial charge in [0, 0.05) is 23.2 Å². The number of hydrogen-bond acceptors (Lipinski definition) is 6. The van der Waals surface area contributed by atoms with Crippen LogP contribution in [-0.4, -0.2) is 35.2 Å². The van der Waals surface area contributed by atoms with Crippen molar-refractivity contribution in [1.29, 1.82) is 0 Å². The van der Waals surface area contributed by atoms with E-state index in [1.54, 1.807) is 6.92 Å². The molecule has 0 bridgehead atoms. The molecule has 1 atom stereocenters. The van der Waals surface area contributed by atoms with E-state index in [4.69, 9.17) is 0 Å². The maximum Gasteiger partial charge on any atom is 0.573 e. The molecule has 3 aromatic rings. The Bertz CT molecular complexity index is 1500. The maximum atomic E-state index is 14.3. The monoisotopic (exact) mass is 545 g/mol. The normalized spacial score (nSPS) is 13.3. The van der Waals surface area contributed by atoms with Crippen molar-refractivity contribution in [2.45, 2.75) is 29.1 Å². The fraction of sp³-hybridized carbons (Fsp3) is 0.174. The van der Waals surface area contributed by atoms with Crippen LogP contribution in [0.1, 0.15) is 34.5 Å². The third-order valence-corrected chi connectivity index (χ3v) is 7.52. The first-order valence-corrected chi connectivity index (χ1v) is 13.5. The van der Waals surface area contributed by atoms with E-state index in [2.05, 4.69) is 9.46 Å². The predicted octanol–water partition coefficient (Wildman–Crippen LogP) is 4.40. The number of sulfone groups is 1. The van der Waals surface area contributed by atoms with Gasteiger partial charge in [0.05, 0.1) is 11.2 Å². The number of alkyl halides is 3. The van der Waals surface area contributed by atoms with Crippen LogP contribution in [0.25, 0.3) is 0 Å². The Labute approximate surface area is 204 Å². The molecule has 0 aromatic heterocycles. The standard InChI is InChI=1S/C23H19F4NO6S2/c1-14(28-35(2,30)31)15-7-9-16(10-8-15)22(29)18-12-11-17(34-23(25,26)27)13-21(18)36(32,33)20-6-4-3-5-19(20)24/h3-14,28H,1-2H3/t14-/m0/s1. The second kappa shape index (κ2) is 9.99. The smallest absolute Gasteiger partial charge is 0.406 e. The van der Waals surface area contributed by atoms with E-state index in [1.165, 1.54) is 36.4 Å². The number of carbonyl (C=O) groups is 1. The first-order valence-electron chi connectivity index (χ1n) is 10.1. The Balaban J connectivity index is 2.09. The van der Waals surface area contributed by atoms with Crippen LogP contribution in [0.5, 0.6) is 5.75 Å². The SMILES string of the molecule is C[C@H](NS(C)(=O)=O)c1ccc(C(=O)c2ccc(OC(F)(F)F)cc2S(=O)(=O)c2ccccc2F)cc1. The molecule has 7 nitrogen and oxygen atoms in total. The van der Waals surface area contributed by atoms with Gasteiger partial charge in [-0.05, 0) is 36.8 Å². The lowest BCUT2D eigenvalue weighted by Gasteiger charge is -2.15. The van der Waals surface area contributed by atoms with Gasteiger partial charge in [-0.3, -0.25) is 4.79 Å². The van der Waals surface area contributed by atoms with Crippen molar-refractivity contribution >= 4 is 25.6 Å². The van der Waals surface area contributed by atoms with Gasteiger partial charge in [-0.25, -0.2) is 25.9 Å². The molecule has 0 unspecified atom stereocenters. The van der Waals surface area contributed by atoms with Gasteiger partial charge in [-0.15, -0.1) is 13.2 Å². The van der Waals surface area contributed by atoms with Crippen LogP contribution in [0.4, 0.5) is 17.6 Å². The summed E-state index contributed by atoms with van der Waals surface area (Å²) >= 11 is 0. The fourth-order valence-corrected chi connectivity index (χ4v) is 5.68. The zero-order valence-electron chi connectivity index (χ0n) is 18.7. The lowest BCUT2D eigenvalue weighted by molar-refractivity contribution is -0.274. The van der Waals surface area contributed by atoms with Gasteiger partial charge in [0.2, 0.25) is 19.9 Å². The molecule has 0 saturated carbocycles. The van der Waals surface area contributed by atoms with Crippen molar-refractivity contribution in [2.24, 2.45) is 0 Å². The molecule has 0 aliphatic rings. The minimum Gasteiger partial charge on any atom is -0.406 e. The second-order valence-electron chi connectivity index (χ2n) is 7.70. The molecule has 0 spiro atoms. The lowest BCUT2D eigenvalue weighted by atomic mass is 10.00. The first-order chi connectivity index (χ1) is 16.6. The number of sulfonamides is 1. The summed E-state index contributed by atoms with van der Waals surface area (Å²) in [6, 6.07) is 11.2. The number of hydrogen-bond donors (Lipinski definition) is 1. The van der Waals surface area contributed by atoms with Crippen molar-refractivity contribution in [2.75, 3.05) is 6.26 Å². The predicted molar refractivity (Wildman–Crippen MR) is 121 cm³/mol. The summed E-state index contributed by atoms with van der Waals surface area (Å²) in [5.74, 6) is -2.95. The van der Waals surface area contributed by atoms with Crippen molar-refractivity contribution < 1.29 is 43.9 Å². The Morgan fingerprint density at radius 3 is 2.08 bits per heavy atom. The Kier molecular flexibility index (Phi) is 7.58. The van der Waals surface area contributed by atoms with Gasteiger partial charge < -0.3 is 4.74 Å². The minimum atomic E-state index is -5.14. The molecule has 0 heterocycles. The quantitative estimate of drug-likeness (QED) is 0.332. The Hall–Kier alpha value is -3.29. The number of halogens is 4. The highest BCUT2D eigenvalue weighted by atomic mass is 32.2. The molecule has 3 rings (SSSR count). The topological polar surface area (TPSA) is 107 Å². The van der Waals surface area contributed by atoms with Crippen LogP contribution in [0.3, 0.4) is 0 Å². The molecule has 0 saturated heterocycles. The molecule has 1 N–H and O–H groups in total. The summed E-state index contributed by atoms with van der Waals surface area (Å²) in [6.45, 7) is 1.57. The molecular weight excluding hydrogens is 526 g/mol. The molecule has 192 valence electrons. The van der Waals surface area contributed by atoms with E-state index in [1.807, 2.05) is 0 Å². The number of nitrogens with one attached hydrogen (secondary N) is 1. The van der Waals surface area contributed by atoms with Gasteiger partial charge >= 0.3 is 6.36 Å². The van der Waals surface area contributed by atoms with Crippen molar-refractivity contribution in [3.05, 3.63) is 89.2 Å². The third-order valence-electron chi connectivity index (χ3n) is 4.91. The van der Waals surface area contributed by atoms with Crippen LogP contribution < -0.4 is 9.46 Å².